The minimum absolute atomic E-state index is 0.245. The number of hydrogen-bond donors (Lipinski definition) is 4. The van der Waals surface area contributed by atoms with Gasteiger partial charge >= 0.3 is 11.9 Å². The van der Waals surface area contributed by atoms with Crippen LogP contribution in [0.15, 0.2) is 0 Å². The Hall–Kier alpha value is -1.14. The molecule has 6 heteroatoms. The molecule has 0 heterocycles. The zero-order chi connectivity index (χ0) is 14.4. The number of aliphatic hydroxyl groups excluding tert-OH is 1. The van der Waals surface area contributed by atoms with Gasteiger partial charge in [-0.25, -0.2) is 0 Å². The Bertz CT molecular complexity index is 196. The first kappa shape index (κ1) is 19.2. The van der Waals surface area contributed by atoms with Crippen LogP contribution in [0, 0.1) is 0 Å². The van der Waals surface area contributed by atoms with Crippen LogP contribution >= 0.6 is 0 Å². The number of rotatable bonds is 9. The lowest BCUT2D eigenvalue weighted by Gasteiger charge is -1.98. The van der Waals surface area contributed by atoms with Crippen LogP contribution in [0.2, 0.25) is 0 Å². The van der Waals surface area contributed by atoms with Crippen LogP contribution < -0.4 is 5.73 Å². The molecule has 0 amide bonds. The molecule has 0 aromatic rings. The van der Waals surface area contributed by atoms with E-state index < -0.39 is 18.2 Å². The first-order chi connectivity index (χ1) is 8.36. The van der Waals surface area contributed by atoms with Crippen molar-refractivity contribution in [3.63, 3.8) is 0 Å². The lowest BCUT2D eigenvalue weighted by atomic mass is 10.1. The second-order valence-electron chi connectivity index (χ2n) is 4.15. The van der Waals surface area contributed by atoms with Gasteiger partial charge in [-0.1, -0.05) is 25.7 Å². The highest BCUT2D eigenvalue weighted by Gasteiger charge is 1.98. The van der Waals surface area contributed by atoms with Crippen molar-refractivity contribution in [1.82, 2.24) is 0 Å². The number of carbonyl (C=O) groups is 2. The molecule has 0 rings (SSSR count). The van der Waals surface area contributed by atoms with Gasteiger partial charge in [0.05, 0.1) is 6.23 Å². The van der Waals surface area contributed by atoms with E-state index in [2.05, 4.69) is 5.73 Å². The van der Waals surface area contributed by atoms with Crippen molar-refractivity contribution in [2.45, 2.75) is 64.5 Å². The van der Waals surface area contributed by atoms with Crippen molar-refractivity contribution in [1.29, 1.82) is 0 Å². The molecule has 5 N–H and O–H groups in total. The summed E-state index contributed by atoms with van der Waals surface area (Å²) in [7, 11) is 0. The maximum absolute atomic E-state index is 10.1. The van der Waals surface area contributed by atoms with Crippen molar-refractivity contribution in [2.75, 3.05) is 0 Å². The van der Waals surface area contributed by atoms with Crippen LogP contribution in [0.3, 0.4) is 0 Å². The fraction of sp³-hybridized carbons (Fsp3) is 0.833. The fourth-order valence-corrected chi connectivity index (χ4v) is 1.26. The Kier molecular flexibility index (Phi) is 14.9. The molecule has 0 saturated heterocycles. The Balaban J connectivity index is 0. The summed E-state index contributed by atoms with van der Waals surface area (Å²) in [6.45, 7) is 1.50. The Morgan fingerprint density at radius 1 is 0.889 bits per heavy atom. The molecular weight excluding hydrogens is 238 g/mol. The van der Waals surface area contributed by atoms with Gasteiger partial charge in [-0.2, -0.15) is 0 Å². The SMILES string of the molecule is CC(N)O.O=C(O)CCCCCCCCC(=O)O. The molecule has 0 radical (unpaired) electrons. The lowest BCUT2D eigenvalue weighted by Crippen LogP contribution is -2.11. The van der Waals surface area contributed by atoms with Crippen LogP contribution in [0.25, 0.3) is 0 Å². The molecule has 0 bridgehead atoms. The number of carboxylic acids is 2. The molecule has 0 aromatic carbocycles. The van der Waals surface area contributed by atoms with Crippen molar-refractivity contribution >= 4 is 11.9 Å². The highest BCUT2D eigenvalue weighted by Crippen LogP contribution is 2.08. The Morgan fingerprint density at radius 2 is 1.11 bits per heavy atom. The molecule has 0 fully saturated rings. The molecule has 0 saturated carbocycles. The maximum atomic E-state index is 10.1. The Labute approximate surface area is 108 Å². The molecule has 0 aliphatic heterocycles. The number of hydrogen-bond acceptors (Lipinski definition) is 4. The molecule has 0 aliphatic rings. The number of nitrogens with two attached hydrogens (primary N) is 1. The molecule has 6 nitrogen and oxygen atoms in total. The number of carboxylic acid groups (broad SMARTS) is 2. The van der Waals surface area contributed by atoms with Gasteiger partial charge in [-0.3, -0.25) is 9.59 Å². The summed E-state index contributed by atoms with van der Waals surface area (Å²) in [5.41, 5.74) is 4.67. The van der Waals surface area contributed by atoms with E-state index in [1.54, 1.807) is 0 Å². The fourth-order valence-electron chi connectivity index (χ4n) is 1.26. The summed E-state index contributed by atoms with van der Waals surface area (Å²) in [6.07, 6.45) is 5.16. The maximum Gasteiger partial charge on any atom is 0.303 e. The highest BCUT2D eigenvalue weighted by atomic mass is 16.4. The number of aliphatic carboxylic acids is 2. The largest absolute Gasteiger partial charge is 0.481 e. The summed E-state index contributed by atoms with van der Waals surface area (Å²) in [4.78, 5) is 20.3. The molecule has 18 heavy (non-hydrogen) atoms. The van der Waals surface area contributed by atoms with Crippen molar-refractivity contribution in [2.24, 2.45) is 5.73 Å². The second kappa shape index (κ2) is 13.9. The van der Waals surface area contributed by atoms with Crippen LogP contribution in [0.4, 0.5) is 0 Å². The van der Waals surface area contributed by atoms with E-state index in [1.165, 1.54) is 6.92 Å². The van der Waals surface area contributed by atoms with E-state index in [9.17, 15) is 9.59 Å². The van der Waals surface area contributed by atoms with Crippen LogP contribution in [-0.4, -0.2) is 33.5 Å². The van der Waals surface area contributed by atoms with Gasteiger partial charge in [0.25, 0.3) is 0 Å². The second-order valence-corrected chi connectivity index (χ2v) is 4.15. The normalized spacial score (nSPS) is 11.3. The summed E-state index contributed by atoms with van der Waals surface area (Å²) in [5.74, 6) is -1.48. The van der Waals surface area contributed by atoms with Gasteiger partial charge in [-0.15, -0.1) is 0 Å². The van der Waals surface area contributed by atoms with Crippen LogP contribution in [-0.2, 0) is 9.59 Å². The highest BCUT2D eigenvalue weighted by molar-refractivity contribution is 5.66. The predicted octanol–water partition coefficient (Wildman–Crippen LogP) is 1.56. The monoisotopic (exact) mass is 263 g/mol. The van der Waals surface area contributed by atoms with Gasteiger partial charge < -0.3 is 21.1 Å². The molecular formula is C12H25NO5. The zero-order valence-electron chi connectivity index (χ0n) is 11.0. The number of aliphatic hydroxyl groups is 1. The van der Waals surface area contributed by atoms with Crippen LogP contribution in [0.5, 0.6) is 0 Å². The average Bonchev–Trinajstić information content (AvgIpc) is 2.20. The van der Waals surface area contributed by atoms with E-state index >= 15 is 0 Å². The van der Waals surface area contributed by atoms with Crippen molar-refractivity contribution in [3.05, 3.63) is 0 Å². The summed E-state index contributed by atoms with van der Waals surface area (Å²) >= 11 is 0. The quantitative estimate of drug-likeness (QED) is 0.370. The van der Waals surface area contributed by atoms with E-state index in [1.807, 2.05) is 0 Å². The molecule has 108 valence electrons. The summed E-state index contributed by atoms with van der Waals surface area (Å²) in [5, 5.41) is 24.5. The Morgan fingerprint density at radius 3 is 1.33 bits per heavy atom. The summed E-state index contributed by atoms with van der Waals surface area (Å²) < 4.78 is 0. The third kappa shape index (κ3) is 29.4. The van der Waals surface area contributed by atoms with Gasteiger partial charge in [0, 0.05) is 12.8 Å². The minimum atomic E-state index is -0.740. The molecule has 0 aliphatic carbocycles. The molecule has 1 unspecified atom stereocenters. The van der Waals surface area contributed by atoms with Gasteiger partial charge in [0.2, 0.25) is 0 Å². The molecule has 0 spiro atoms. The van der Waals surface area contributed by atoms with Gasteiger partial charge in [0.1, 0.15) is 0 Å². The van der Waals surface area contributed by atoms with Gasteiger partial charge in [-0.05, 0) is 19.8 Å². The van der Waals surface area contributed by atoms with E-state index in [-0.39, 0.29) is 12.8 Å². The molecule has 0 aromatic heterocycles. The zero-order valence-corrected chi connectivity index (χ0v) is 11.0. The average molecular weight is 263 g/mol. The standard InChI is InChI=1S/C10H18O4.C2H7NO/c11-9(12)7-5-3-1-2-4-6-8-10(13)14;1-2(3)4/h1-8H2,(H,11,12)(H,13,14);2,4H,3H2,1H3. The van der Waals surface area contributed by atoms with E-state index in [0.29, 0.717) is 0 Å². The predicted molar refractivity (Wildman–Crippen MR) is 68.1 cm³/mol. The third-order valence-electron chi connectivity index (χ3n) is 2.03. The van der Waals surface area contributed by atoms with Crippen LogP contribution in [0.1, 0.15) is 58.3 Å². The first-order valence-corrected chi connectivity index (χ1v) is 6.23. The topological polar surface area (TPSA) is 121 Å². The van der Waals surface area contributed by atoms with Crippen molar-refractivity contribution < 1.29 is 24.9 Å². The van der Waals surface area contributed by atoms with E-state index in [4.69, 9.17) is 15.3 Å². The number of unbranched alkanes of at least 4 members (excludes halogenated alkanes) is 5. The van der Waals surface area contributed by atoms with E-state index in [0.717, 1.165) is 38.5 Å². The van der Waals surface area contributed by atoms with Crippen molar-refractivity contribution in [3.8, 4) is 0 Å². The minimum Gasteiger partial charge on any atom is -0.481 e. The summed E-state index contributed by atoms with van der Waals surface area (Å²) in [6, 6.07) is 0. The smallest absolute Gasteiger partial charge is 0.303 e. The van der Waals surface area contributed by atoms with Gasteiger partial charge in [0.15, 0.2) is 0 Å². The molecule has 1 atom stereocenters. The lowest BCUT2D eigenvalue weighted by molar-refractivity contribution is -0.138. The first-order valence-electron chi connectivity index (χ1n) is 6.23. The third-order valence-corrected chi connectivity index (χ3v) is 2.03.